The van der Waals surface area contributed by atoms with Gasteiger partial charge in [0.15, 0.2) is 5.13 Å². The number of aliphatic hydroxyl groups is 1. The number of imidazole rings is 1. The van der Waals surface area contributed by atoms with Crippen LogP contribution in [0.1, 0.15) is 42.5 Å². The Kier molecular flexibility index (Phi) is 6.95. The Morgan fingerprint density at radius 1 is 1.14 bits per heavy atom. The van der Waals surface area contributed by atoms with Gasteiger partial charge in [-0.25, -0.2) is 9.97 Å². The number of alkyl halides is 3. The largest absolute Gasteiger partial charge is 0.573 e. The lowest BCUT2D eigenvalue weighted by Gasteiger charge is -2.25. The van der Waals surface area contributed by atoms with Crippen molar-refractivity contribution in [2.45, 2.75) is 44.6 Å². The summed E-state index contributed by atoms with van der Waals surface area (Å²) in [4.78, 5) is 21.7. The maximum Gasteiger partial charge on any atom is 0.573 e. The number of aromatic nitrogens is 3. The van der Waals surface area contributed by atoms with Gasteiger partial charge in [0.2, 0.25) is 5.95 Å². The number of nitrogens with zero attached hydrogens (tertiary/aromatic N) is 3. The van der Waals surface area contributed by atoms with Gasteiger partial charge in [-0.3, -0.25) is 4.79 Å². The molecule has 5 rings (SSSR count). The molecule has 0 radical (unpaired) electrons. The maximum absolute atomic E-state index is 12.7. The second kappa shape index (κ2) is 10.2. The average Bonchev–Trinajstić information content (AvgIpc) is 3.38. The van der Waals surface area contributed by atoms with Crippen molar-refractivity contribution < 1.29 is 27.8 Å². The second-order valence-electron chi connectivity index (χ2n) is 9.24. The summed E-state index contributed by atoms with van der Waals surface area (Å²) in [6.45, 7) is 0.583. The second-order valence-corrected chi connectivity index (χ2v) is 10.3. The topological polar surface area (TPSA) is 101 Å². The number of hydrogen-bond acceptors (Lipinski definition) is 7. The highest BCUT2D eigenvalue weighted by Gasteiger charge is 2.31. The summed E-state index contributed by atoms with van der Waals surface area (Å²) < 4.78 is 43.9. The van der Waals surface area contributed by atoms with E-state index in [4.69, 9.17) is 0 Å². The van der Waals surface area contributed by atoms with Gasteiger partial charge in [-0.2, -0.15) is 0 Å². The van der Waals surface area contributed by atoms with Crippen molar-refractivity contribution in [3.05, 3.63) is 42.0 Å². The Bertz CT molecular complexity index is 1430. The summed E-state index contributed by atoms with van der Waals surface area (Å²) in [5.74, 6) is 0.543. The number of ether oxygens (including phenoxy) is 1. The molecule has 2 aromatic heterocycles. The summed E-state index contributed by atoms with van der Waals surface area (Å²) in [5, 5.41) is 16.2. The molecule has 3 N–H and O–H groups in total. The number of aryl methyl sites for hydroxylation is 1. The van der Waals surface area contributed by atoms with Crippen molar-refractivity contribution in [1.82, 2.24) is 19.9 Å². The number of halogens is 3. The fourth-order valence-electron chi connectivity index (χ4n) is 4.63. The number of benzene rings is 2. The number of anilines is 2. The number of amides is 1. The highest BCUT2D eigenvalue weighted by Crippen LogP contribution is 2.33. The number of aliphatic hydroxyl groups excluding tert-OH is 1. The normalized spacial score (nSPS) is 18.3. The highest BCUT2D eigenvalue weighted by molar-refractivity contribution is 7.22. The van der Waals surface area contributed by atoms with E-state index >= 15 is 0 Å². The minimum absolute atomic E-state index is 0.166. The Morgan fingerprint density at radius 2 is 1.92 bits per heavy atom. The Morgan fingerprint density at radius 3 is 2.68 bits per heavy atom. The first-order valence-corrected chi connectivity index (χ1v) is 12.8. The van der Waals surface area contributed by atoms with Crippen LogP contribution in [0.25, 0.3) is 21.3 Å². The molecule has 0 bridgehead atoms. The van der Waals surface area contributed by atoms with Crippen LogP contribution in [0.4, 0.5) is 24.3 Å². The maximum atomic E-state index is 12.7. The summed E-state index contributed by atoms with van der Waals surface area (Å²) >= 11 is 1.18. The van der Waals surface area contributed by atoms with E-state index in [0.717, 1.165) is 37.6 Å². The van der Waals surface area contributed by atoms with E-state index in [1.54, 1.807) is 12.1 Å². The number of nitrogens with one attached hydrogen (secondary N) is 2. The molecule has 0 aliphatic heterocycles. The van der Waals surface area contributed by atoms with Crippen molar-refractivity contribution in [2.75, 3.05) is 11.9 Å². The van der Waals surface area contributed by atoms with Crippen LogP contribution < -0.4 is 15.4 Å². The lowest BCUT2D eigenvalue weighted by Crippen LogP contribution is -2.27. The average molecular weight is 534 g/mol. The van der Waals surface area contributed by atoms with Crippen molar-refractivity contribution >= 4 is 49.6 Å². The third-order valence-corrected chi connectivity index (χ3v) is 7.54. The third kappa shape index (κ3) is 5.96. The van der Waals surface area contributed by atoms with E-state index in [0.29, 0.717) is 44.8 Å². The van der Waals surface area contributed by atoms with Crippen LogP contribution in [-0.2, 0) is 7.05 Å². The zero-order chi connectivity index (χ0) is 26.2. The van der Waals surface area contributed by atoms with Crippen LogP contribution >= 0.6 is 11.3 Å². The molecule has 4 aromatic rings. The minimum Gasteiger partial charge on any atom is -0.406 e. The van der Waals surface area contributed by atoms with E-state index in [-0.39, 0.29) is 17.8 Å². The molecule has 12 heteroatoms. The van der Waals surface area contributed by atoms with Gasteiger partial charge in [0.25, 0.3) is 5.91 Å². The van der Waals surface area contributed by atoms with Crippen LogP contribution in [0.3, 0.4) is 0 Å². The first kappa shape index (κ1) is 25.3. The molecule has 0 saturated heterocycles. The number of carbonyl (C=O) groups is 1. The minimum atomic E-state index is -4.76. The van der Waals surface area contributed by atoms with Crippen molar-refractivity contribution in [1.29, 1.82) is 0 Å². The van der Waals surface area contributed by atoms with Gasteiger partial charge in [0.05, 0.1) is 27.4 Å². The first-order chi connectivity index (χ1) is 17.6. The van der Waals surface area contributed by atoms with E-state index in [1.807, 2.05) is 17.7 Å². The summed E-state index contributed by atoms with van der Waals surface area (Å²) in [6, 6.07) is 9.29. The fraction of sp³-hybridized carbons (Fsp3) is 0.400. The number of rotatable bonds is 7. The molecule has 0 spiro atoms. The molecule has 2 heterocycles. The van der Waals surface area contributed by atoms with E-state index < -0.39 is 6.36 Å². The van der Waals surface area contributed by atoms with Gasteiger partial charge < -0.3 is 25.0 Å². The number of thiazole rings is 1. The third-order valence-electron chi connectivity index (χ3n) is 6.61. The van der Waals surface area contributed by atoms with Gasteiger partial charge in [0.1, 0.15) is 5.75 Å². The Labute approximate surface area is 214 Å². The predicted molar refractivity (Wildman–Crippen MR) is 135 cm³/mol. The standard InChI is InChI=1S/C25H26F3N5O3S/c1-33-20-9-4-15(22(35)29-11-10-14-2-5-16(34)6-3-14)12-19(20)30-23(33)32-24-31-18-8-7-17(13-21(18)37-24)36-25(26,27)28/h4,7-9,12-14,16,34H,2-3,5-6,10-11H2,1H3,(H,29,35)(H,30,31,32). The van der Waals surface area contributed by atoms with Gasteiger partial charge in [-0.1, -0.05) is 11.3 Å². The van der Waals surface area contributed by atoms with Crippen LogP contribution in [-0.4, -0.2) is 44.6 Å². The molecular formula is C25H26F3N5O3S. The molecule has 1 aliphatic carbocycles. The van der Waals surface area contributed by atoms with E-state index in [9.17, 15) is 23.1 Å². The molecule has 2 aromatic carbocycles. The number of carbonyl (C=O) groups excluding carboxylic acids is 1. The zero-order valence-electron chi connectivity index (χ0n) is 20.0. The van der Waals surface area contributed by atoms with E-state index in [2.05, 4.69) is 25.3 Å². The van der Waals surface area contributed by atoms with Crippen LogP contribution in [0.5, 0.6) is 5.75 Å². The fourth-order valence-corrected chi connectivity index (χ4v) is 5.52. The number of fused-ring (bicyclic) bond motifs is 2. The van der Waals surface area contributed by atoms with Crippen LogP contribution in [0, 0.1) is 5.92 Å². The zero-order valence-corrected chi connectivity index (χ0v) is 20.8. The summed E-state index contributed by atoms with van der Waals surface area (Å²) in [7, 11) is 1.82. The smallest absolute Gasteiger partial charge is 0.406 e. The molecule has 1 fully saturated rings. The quantitative estimate of drug-likeness (QED) is 0.290. The molecule has 1 saturated carbocycles. The lowest BCUT2D eigenvalue weighted by molar-refractivity contribution is -0.274. The molecule has 0 unspecified atom stereocenters. The highest BCUT2D eigenvalue weighted by atomic mass is 32.1. The van der Waals surface area contributed by atoms with Crippen molar-refractivity contribution in [3.8, 4) is 5.75 Å². The predicted octanol–water partition coefficient (Wildman–Crippen LogP) is 5.50. The van der Waals surface area contributed by atoms with Crippen molar-refractivity contribution in [3.63, 3.8) is 0 Å². The SMILES string of the molecule is Cn1c(Nc2nc3ccc(OC(F)(F)F)cc3s2)nc2cc(C(=O)NCCC3CCC(O)CC3)ccc21. The number of hydrogen-bond donors (Lipinski definition) is 3. The molecule has 37 heavy (non-hydrogen) atoms. The molecule has 196 valence electrons. The summed E-state index contributed by atoms with van der Waals surface area (Å²) in [6.07, 6.45) is -0.415. The van der Waals surface area contributed by atoms with Crippen LogP contribution in [0.2, 0.25) is 0 Å². The molecule has 1 amide bonds. The van der Waals surface area contributed by atoms with Gasteiger partial charge in [-0.15, -0.1) is 13.2 Å². The first-order valence-electron chi connectivity index (χ1n) is 12.0. The lowest BCUT2D eigenvalue weighted by atomic mass is 9.85. The Balaban J connectivity index is 1.26. The molecule has 8 nitrogen and oxygen atoms in total. The van der Waals surface area contributed by atoms with Gasteiger partial charge in [-0.05, 0) is 68.4 Å². The molecular weight excluding hydrogens is 507 g/mol. The summed E-state index contributed by atoms with van der Waals surface area (Å²) in [5.41, 5.74) is 2.47. The van der Waals surface area contributed by atoms with Gasteiger partial charge >= 0.3 is 6.36 Å². The van der Waals surface area contributed by atoms with Crippen LogP contribution in [0.15, 0.2) is 36.4 Å². The van der Waals surface area contributed by atoms with Crippen molar-refractivity contribution in [2.24, 2.45) is 13.0 Å². The molecule has 1 aliphatic rings. The Hall–Kier alpha value is -3.38. The molecule has 0 atom stereocenters. The van der Waals surface area contributed by atoms with Gasteiger partial charge in [0, 0.05) is 25.2 Å². The van der Waals surface area contributed by atoms with E-state index in [1.165, 1.54) is 29.5 Å². The monoisotopic (exact) mass is 533 g/mol.